The number of halogens is 1. The summed E-state index contributed by atoms with van der Waals surface area (Å²) < 4.78 is 0.995. The Labute approximate surface area is 148 Å². The van der Waals surface area contributed by atoms with Crippen LogP contribution in [0, 0.1) is 19.3 Å². The van der Waals surface area contributed by atoms with Gasteiger partial charge in [-0.15, -0.1) is 0 Å². The third kappa shape index (κ3) is 3.26. The zero-order valence-corrected chi connectivity index (χ0v) is 15.2. The number of amides is 1. The highest BCUT2D eigenvalue weighted by Crippen LogP contribution is 2.35. The molecular formula is C18H15BrN2OS. The Balaban J connectivity index is 1.93. The van der Waals surface area contributed by atoms with E-state index in [0.717, 1.165) is 21.3 Å². The molecule has 116 valence electrons. The smallest absolute Gasteiger partial charge is 0.271 e. The van der Waals surface area contributed by atoms with Gasteiger partial charge in [0.25, 0.3) is 5.91 Å². The molecule has 1 fully saturated rings. The molecule has 2 aromatic rings. The topological polar surface area (TPSA) is 44.2 Å². The minimum Gasteiger partial charge on any atom is -0.278 e. The van der Waals surface area contributed by atoms with Gasteiger partial charge in [0.1, 0.15) is 0 Å². The lowest BCUT2D eigenvalue weighted by molar-refractivity contribution is -0.113. The van der Waals surface area contributed by atoms with Crippen LogP contribution in [0.2, 0.25) is 0 Å². The summed E-state index contributed by atoms with van der Waals surface area (Å²) in [6, 6.07) is 13.6. The Bertz CT molecular complexity index is 827. The lowest BCUT2D eigenvalue weighted by atomic mass is 10.1. The minimum atomic E-state index is -0.147. The molecule has 1 aliphatic heterocycles. The zero-order chi connectivity index (χ0) is 16.6. The van der Waals surface area contributed by atoms with E-state index < -0.39 is 0 Å². The van der Waals surface area contributed by atoms with Crippen molar-refractivity contribution < 1.29 is 4.79 Å². The predicted octanol–water partition coefficient (Wildman–Crippen LogP) is 5.12. The number of hydrogen-bond donors (Lipinski definition) is 1. The first-order valence-corrected chi connectivity index (χ1v) is 8.72. The molecule has 1 N–H and O–H groups in total. The van der Waals surface area contributed by atoms with E-state index in [1.165, 1.54) is 22.2 Å². The summed E-state index contributed by atoms with van der Waals surface area (Å²) in [5.74, 6) is -0.147. The molecule has 0 bridgehead atoms. The van der Waals surface area contributed by atoms with Gasteiger partial charge < -0.3 is 0 Å². The average Bonchev–Trinajstić information content (AvgIpc) is 2.79. The fraction of sp³-hybridized carbons (Fsp3) is 0.111. The summed E-state index contributed by atoms with van der Waals surface area (Å²) >= 11 is 4.59. The van der Waals surface area contributed by atoms with Crippen molar-refractivity contribution in [1.29, 1.82) is 5.41 Å². The number of nitrogens with one attached hydrogen (secondary N) is 1. The van der Waals surface area contributed by atoms with Crippen molar-refractivity contribution >= 4 is 50.5 Å². The third-order valence-electron chi connectivity index (χ3n) is 3.74. The first kappa shape index (κ1) is 16.0. The quantitative estimate of drug-likeness (QED) is 0.727. The van der Waals surface area contributed by atoms with Crippen LogP contribution in [-0.2, 0) is 4.79 Å². The molecule has 1 aliphatic rings. The molecule has 0 unspecified atom stereocenters. The molecule has 0 radical (unpaired) electrons. The number of amidine groups is 1. The number of rotatable bonds is 2. The maximum absolute atomic E-state index is 12.7. The summed E-state index contributed by atoms with van der Waals surface area (Å²) in [4.78, 5) is 14.7. The summed E-state index contributed by atoms with van der Waals surface area (Å²) in [5.41, 5.74) is 3.97. The molecule has 23 heavy (non-hydrogen) atoms. The fourth-order valence-corrected chi connectivity index (χ4v) is 3.42. The van der Waals surface area contributed by atoms with Gasteiger partial charge in [-0.3, -0.25) is 15.1 Å². The highest BCUT2D eigenvalue weighted by Gasteiger charge is 2.33. The van der Waals surface area contributed by atoms with Crippen LogP contribution in [0.25, 0.3) is 6.08 Å². The lowest BCUT2D eigenvalue weighted by Gasteiger charge is -2.15. The monoisotopic (exact) mass is 386 g/mol. The van der Waals surface area contributed by atoms with Crippen LogP contribution >= 0.6 is 27.7 Å². The van der Waals surface area contributed by atoms with E-state index >= 15 is 0 Å². The second kappa shape index (κ2) is 6.34. The molecule has 5 heteroatoms. The van der Waals surface area contributed by atoms with Crippen LogP contribution in [-0.4, -0.2) is 11.1 Å². The molecule has 1 saturated heterocycles. The van der Waals surface area contributed by atoms with E-state index in [1.807, 2.05) is 62.4 Å². The Hall–Kier alpha value is -1.85. The molecule has 1 amide bonds. The van der Waals surface area contributed by atoms with E-state index in [9.17, 15) is 4.79 Å². The summed E-state index contributed by atoms with van der Waals surface area (Å²) in [7, 11) is 0. The second-order valence-corrected chi connectivity index (χ2v) is 7.32. The van der Waals surface area contributed by atoms with E-state index in [1.54, 1.807) is 0 Å². The van der Waals surface area contributed by atoms with Crippen LogP contribution in [0.1, 0.15) is 16.7 Å². The maximum Gasteiger partial charge on any atom is 0.271 e. The van der Waals surface area contributed by atoms with Crippen molar-refractivity contribution in [2.24, 2.45) is 0 Å². The number of hydrogen-bond acceptors (Lipinski definition) is 3. The van der Waals surface area contributed by atoms with Gasteiger partial charge in [-0.2, -0.15) is 0 Å². The van der Waals surface area contributed by atoms with Gasteiger partial charge in [0.15, 0.2) is 5.17 Å². The highest BCUT2D eigenvalue weighted by atomic mass is 79.9. The summed E-state index contributed by atoms with van der Waals surface area (Å²) in [6.07, 6.45) is 1.83. The van der Waals surface area contributed by atoms with E-state index in [2.05, 4.69) is 15.9 Å². The molecule has 0 saturated carbocycles. The molecule has 0 aliphatic carbocycles. The van der Waals surface area contributed by atoms with Gasteiger partial charge in [0, 0.05) is 4.47 Å². The van der Waals surface area contributed by atoms with Gasteiger partial charge in [-0.1, -0.05) is 34.1 Å². The van der Waals surface area contributed by atoms with Crippen LogP contribution in [0.4, 0.5) is 5.69 Å². The Kier molecular flexibility index (Phi) is 4.41. The largest absolute Gasteiger partial charge is 0.278 e. The van der Waals surface area contributed by atoms with Crippen molar-refractivity contribution in [2.75, 3.05) is 4.90 Å². The van der Waals surface area contributed by atoms with Crippen molar-refractivity contribution in [3.05, 3.63) is 68.5 Å². The summed E-state index contributed by atoms with van der Waals surface area (Å²) in [6.45, 7) is 4.04. The van der Waals surface area contributed by atoms with E-state index in [-0.39, 0.29) is 11.1 Å². The fourth-order valence-electron chi connectivity index (χ4n) is 2.30. The number of thioether (sulfide) groups is 1. The second-order valence-electron chi connectivity index (χ2n) is 5.38. The molecule has 3 rings (SSSR count). The standard InChI is InChI=1S/C18H15BrN2OS/c1-11-3-8-15(9-12(11)2)21-17(22)16(23-18(21)20)10-13-4-6-14(19)7-5-13/h3-10,20H,1-2H3/b16-10-,20-18?. The number of aryl methyl sites for hydroxylation is 2. The molecule has 0 spiro atoms. The number of carbonyl (C=O) groups excluding carboxylic acids is 1. The zero-order valence-electron chi connectivity index (χ0n) is 12.8. The van der Waals surface area contributed by atoms with Crippen molar-refractivity contribution in [3.8, 4) is 0 Å². The number of carbonyl (C=O) groups is 1. The van der Waals surface area contributed by atoms with Crippen molar-refractivity contribution in [3.63, 3.8) is 0 Å². The van der Waals surface area contributed by atoms with E-state index in [0.29, 0.717) is 4.91 Å². The Morgan fingerprint density at radius 1 is 1.09 bits per heavy atom. The van der Waals surface area contributed by atoms with Crippen LogP contribution in [0.15, 0.2) is 51.8 Å². The van der Waals surface area contributed by atoms with Crippen LogP contribution < -0.4 is 4.90 Å². The van der Waals surface area contributed by atoms with Gasteiger partial charge in [-0.25, -0.2) is 0 Å². The lowest BCUT2D eigenvalue weighted by Crippen LogP contribution is -2.28. The Morgan fingerprint density at radius 2 is 1.78 bits per heavy atom. The SMILES string of the molecule is Cc1ccc(N2C(=N)S/C(=C\c3ccc(Br)cc3)C2=O)cc1C. The molecule has 0 aromatic heterocycles. The molecule has 2 aromatic carbocycles. The van der Waals surface area contributed by atoms with Crippen molar-refractivity contribution in [2.45, 2.75) is 13.8 Å². The first-order valence-electron chi connectivity index (χ1n) is 7.11. The molecule has 3 nitrogen and oxygen atoms in total. The highest BCUT2D eigenvalue weighted by molar-refractivity contribution is 9.10. The molecular weight excluding hydrogens is 372 g/mol. The van der Waals surface area contributed by atoms with Gasteiger partial charge in [0.05, 0.1) is 10.6 Å². The molecule has 1 heterocycles. The minimum absolute atomic E-state index is 0.147. The first-order chi connectivity index (χ1) is 11.0. The summed E-state index contributed by atoms with van der Waals surface area (Å²) in [5, 5.41) is 8.39. The predicted molar refractivity (Wildman–Crippen MR) is 101 cm³/mol. The normalized spacial score (nSPS) is 16.5. The van der Waals surface area contributed by atoms with Crippen LogP contribution in [0.5, 0.6) is 0 Å². The van der Waals surface area contributed by atoms with Gasteiger partial charge in [-0.05, 0) is 72.6 Å². The number of benzene rings is 2. The number of anilines is 1. The van der Waals surface area contributed by atoms with E-state index in [4.69, 9.17) is 5.41 Å². The Morgan fingerprint density at radius 3 is 2.43 bits per heavy atom. The van der Waals surface area contributed by atoms with Gasteiger partial charge in [0.2, 0.25) is 0 Å². The third-order valence-corrected chi connectivity index (χ3v) is 5.16. The average molecular weight is 387 g/mol. The number of nitrogens with zero attached hydrogens (tertiary/aromatic N) is 1. The van der Waals surface area contributed by atoms with Crippen molar-refractivity contribution in [1.82, 2.24) is 0 Å². The molecule has 0 atom stereocenters. The van der Waals surface area contributed by atoms with Gasteiger partial charge >= 0.3 is 0 Å². The maximum atomic E-state index is 12.7. The van der Waals surface area contributed by atoms with Crippen LogP contribution in [0.3, 0.4) is 0 Å².